The van der Waals surface area contributed by atoms with Gasteiger partial charge in [0.15, 0.2) is 0 Å². The van der Waals surface area contributed by atoms with E-state index in [2.05, 4.69) is 4.72 Å². The standard InChI is InChI=1S/C17H24N2O4S/c20-12-13-4-1-2-5-16(13)18-24(22,23)15-9-7-14(8-10-15)19-11-3-6-17(19)21/h7-10,13,16,18,20H,1-6,11-12H2. The van der Waals surface area contributed by atoms with E-state index in [1.54, 1.807) is 29.2 Å². The van der Waals surface area contributed by atoms with Crippen molar-refractivity contribution in [2.45, 2.75) is 49.5 Å². The average molecular weight is 352 g/mol. The minimum Gasteiger partial charge on any atom is -0.396 e. The van der Waals surface area contributed by atoms with Gasteiger partial charge in [-0.05, 0) is 49.4 Å². The van der Waals surface area contributed by atoms with Gasteiger partial charge in [-0.1, -0.05) is 12.8 Å². The van der Waals surface area contributed by atoms with Crippen LogP contribution in [-0.4, -0.2) is 38.6 Å². The molecule has 2 N–H and O–H groups in total. The number of carbonyl (C=O) groups is 1. The van der Waals surface area contributed by atoms with Crippen molar-refractivity contribution in [3.63, 3.8) is 0 Å². The Morgan fingerprint density at radius 1 is 1.12 bits per heavy atom. The zero-order chi connectivity index (χ0) is 17.2. The number of aliphatic hydroxyl groups is 1. The van der Waals surface area contributed by atoms with Crippen LogP contribution in [0.3, 0.4) is 0 Å². The van der Waals surface area contributed by atoms with Gasteiger partial charge in [-0.25, -0.2) is 13.1 Å². The Bertz CT molecular complexity index is 687. The van der Waals surface area contributed by atoms with Gasteiger partial charge in [0.05, 0.1) is 4.90 Å². The summed E-state index contributed by atoms with van der Waals surface area (Å²) in [5.41, 5.74) is 0.738. The van der Waals surface area contributed by atoms with Crippen LogP contribution < -0.4 is 9.62 Å². The number of anilines is 1. The Morgan fingerprint density at radius 3 is 2.46 bits per heavy atom. The number of sulfonamides is 1. The molecule has 1 saturated heterocycles. The summed E-state index contributed by atoms with van der Waals surface area (Å²) in [4.78, 5) is 13.6. The normalized spacial score (nSPS) is 25.2. The zero-order valence-corrected chi connectivity index (χ0v) is 14.5. The fourth-order valence-corrected chi connectivity index (χ4v) is 4.91. The van der Waals surface area contributed by atoms with E-state index >= 15 is 0 Å². The molecular formula is C17H24N2O4S. The van der Waals surface area contributed by atoms with Gasteiger partial charge in [0.1, 0.15) is 0 Å². The smallest absolute Gasteiger partial charge is 0.240 e. The third-order valence-electron chi connectivity index (χ3n) is 4.98. The molecule has 2 aliphatic rings. The summed E-state index contributed by atoms with van der Waals surface area (Å²) in [5, 5.41) is 9.44. The number of benzene rings is 1. The molecule has 7 heteroatoms. The second kappa shape index (κ2) is 7.21. The van der Waals surface area contributed by atoms with Gasteiger partial charge >= 0.3 is 0 Å². The maximum absolute atomic E-state index is 12.6. The maximum Gasteiger partial charge on any atom is 0.240 e. The highest BCUT2D eigenvalue weighted by atomic mass is 32.2. The van der Waals surface area contributed by atoms with Crippen molar-refractivity contribution < 1.29 is 18.3 Å². The quantitative estimate of drug-likeness (QED) is 0.843. The first-order valence-electron chi connectivity index (χ1n) is 8.55. The van der Waals surface area contributed by atoms with Gasteiger partial charge in [0, 0.05) is 31.3 Å². The minimum atomic E-state index is -3.62. The molecule has 1 aliphatic heterocycles. The van der Waals surface area contributed by atoms with Crippen LogP contribution in [0, 0.1) is 5.92 Å². The molecule has 2 atom stereocenters. The number of rotatable bonds is 5. The van der Waals surface area contributed by atoms with Crippen LogP contribution in [0.5, 0.6) is 0 Å². The van der Waals surface area contributed by atoms with E-state index in [0.29, 0.717) is 13.0 Å². The van der Waals surface area contributed by atoms with Gasteiger partial charge in [0.25, 0.3) is 0 Å². The van der Waals surface area contributed by atoms with Crippen LogP contribution in [0.15, 0.2) is 29.2 Å². The third-order valence-corrected chi connectivity index (χ3v) is 6.49. The maximum atomic E-state index is 12.6. The molecule has 1 aliphatic carbocycles. The first-order chi connectivity index (χ1) is 11.5. The number of nitrogens with one attached hydrogen (secondary N) is 1. The van der Waals surface area contributed by atoms with Crippen LogP contribution in [-0.2, 0) is 14.8 Å². The van der Waals surface area contributed by atoms with E-state index in [4.69, 9.17) is 0 Å². The molecule has 1 heterocycles. The van der Waals surface area contributed by atoms with E-state index in [1.807, 2.05) is 0 Å². The van der Waals surface area contributed by atoms with Crippen molar-refractivity contribution in [3.05, 3.63) is 24.3 Å². The van der Waals surface area contributed by atoms with Crippen LogP contribution in [0.1, 0.15) is 38.5 Å². The van der Waals surface area contributed by atoms with Crippen molar-refractivity contribution in [1.82, 2.24) is 4.72 Å². The molecule has 24 heavy (non-hydrogen) atoms. The predicted molar refractivity (Wildman–Crippen MR) is 91.2 cm³/mol. The van der Waals surface area contributed by atoms with Gasteiger partial charge in [-0.3, -0.25) is 4.79 Å². The molecule has 2 unspecified atom stereocenters. The van der Waals surface area contributed by atoms with Crippen LogP contribution in [0.25, 0.3) is 0 Å². The van der Waals surface area contributed by atoms with E-state index < -0.39 is 10.0 Å². The Balaban J connectivity index is 1.73. The highest BCUT2D eigenvalue weighted by Crippen LogP contribution is 2.27. The molecular weight excluding hydrogens is 328 g/mol. The summed E-state index contributed by atoms with van der Waals surface area (Å²) in [5.74, 6) is 0.0618. The Morgan fingerprint density at radius 2 is 1.83 bits per heavy atom. The number of nitrogens with zero attached hydrogens (tertiary/aromatic N) is 1. The van der Waals surface area contributed by atoms with Crippen LogP contribution in [0.4, 0.5) is 5.69 Å². The summed E-state index contributed by atoms with van der Waals surface area (Å²) in [6, 6.07) is 6.23. The average Bonchev–Trinajstić information content (AvgIpc) is 3.01. The van der Waals surface area contributed by atoms with Crippen LogP contribution >= 0.6 is 0 Å². The first-order valence-corrected chi connectivity index (χ1v) is 10.0. The molecule has 0 spiro atoms. The number of aliphatic hydroxyl groups excluding tert-OH is 1. The van der Waals surface area contributed by atoms with Crippen molar-refractivity contribution in [2.24, 2.45) is 5.92 Å². The molecule has 132 valence electrons. The monoisotopic (exact) mass is 352 g/mol. The molecule has 2 fully saturated rings. The fourth-order valence-electron chi connectivity index (χ4n) is 3.58. The van der Waals surface area contributed by atoms with E-state index in [9.17, 15) is 18.3 Å². The number of hydrogen-bond acceptors (Lipinski definition) is 4. The lowest BCUT2D eigenvalue weighted by atomic mass is 9.86. The summed E-state index contributed by atoms with van der Waals surface area (Å²) in [7, 11) is -3.62. The highest BCUT2D eigenvalue weighted by molar-refractivity contribution is 7.89. The second-order valence-electron chi connectivity index (χ2n) is 6.60. The molecule has 3 rings (SSSR count). The second-order valence-corrected chi connectivity index (χ2v) is 8.31. The highest BCUT2D eigenvalue weighted by Gasteiger charge is 2.29. The predicted octanol–water partition coefficient (Wildman–Crippen LogP) is 1.64. The molecule has 6 nitrogen and oxygen atoms in total. The van der Waals surface area contributed by atoms with E-state index in [-0.39, 0.29) is 29.4 Å². The molecule has 1 aromatic carbocycles. The third kappa shape index (κ3) is 3.63. The molecule has 0 bridgehead atoms. The molecule has 1 amide bonds. The largest absolute Gasteiger partial charge is 0.396 e. The van der Waals surface area contributed by atoms with Crippen LogP contribution in [0.2, 0.25) is 0 Å². The summed E-state index contributed by atoms with van der Waals surface area (Å²) >= 11 is 0. The minimum absolute atomic E-state index is 0.00317. The van der Waals surface area contributed by atoms with Gasteiger partial charge in [-0.15, -0.1) is 0 Å². The van der Waals surface area contributed by atoms with Crippen molar-refractivity contribution >= 4 is 21.6 Å². The first kappa shape index (κ1) is 17.4. The zero-order valence-electron chi connectivity index (χ0n) is 13.6. The number of carbonyl (C=O) groups excluding carboxylic acids is 1. The van der Waals surface area contributed by atoms with Gasteiger partial charge in [0.2, 0.25) is 15.9 Å². The van der Waals surface area contributed by atoms with Crippen molar-refractivity contribution in [3.8, 4) is 0 Å². The molecule has 0 radical (unpaired) electrons. The lowest BCUT2D eigenvalue weighted by Crippen LogP contribution is -2.43. The molecule has 0 aromatic heterocycles. The number of hydrogen-bond donors (Lipinski definition) is 2. The van der Waals surface area contributed by atoms with Gasteiger partial charge < -0.3 is 10.0 Å². The van der Waals surface area contributed by atoms with Gasteiger partial charge in [-0.2, -0.15) is 0 Å². The summed E-state index contributed by atoms with van der Waals surface area (Å²) < 4.78 is 27.9. The van der Waals surface area contributed by atoms with E-state index in [1.165, 1.54) is 0 Å². The molecule has 1 saturated carbocycles. The lowest BCUT2D eigenvalue weighted by Gasteiger charge is -2.30. The Hall–Kier alpha value is -1.44. The van der Waals surface area contributed by atoms with Crippen molar-refractivity contribution in [1.29, 1.82) is 0 Å². The topological polar surface area (TPSA) is 86.7 Å². The fraction of sp³-hybridized carbons (Fsp3) is 0.588. The van der Waals surface area contributed by atoms with E-state index in [0.717, 1.165) is 37.8 Å². The lowest BCUT2D eigenvalue weighted by molar-refractivity contribution is -0.117. The number of amides is 1. The summed E-state index contributed by atoms with van der Waals surface area (Å²) in [6.07, 6.45) is 4.99. The van der Waals surface area contributed by atoms with Crippen molar-refractivity contribution in [2.75, 3.05) is 18.1 Å². The Kier molecular flexibility index (Phi) is 5.22. The Labute approximate surface area is 142 Å². The SMILES string of the molecule is O=C1CCCN1c1ccc(S(=O)(=O)NC2CCCCC2CO)cc1. The molecule has 1 aromatic rings. The summed E-state index contributed by atoms with van der Waals surface area (Å²) in [6.45, 7) is 0.687.